The van der Waals surface area contributed by atoms with Gasteiger partial charge >= 0.3 is 0 Å². The lowest BCUT2D eigenvalue weighted by Gasteiger charge is -2.60. The Morgan fingerprint density at radius 1 is 1.56 bits per heavy atom. The minimum absolute atomic E-state index is 0.268. The van der Waals surface area contributed by atoms with Crippen LogP contribution in [0.5, 0.6) is 0 Å². The third-order valence-corrected chi connectivity index (χ3v) is 5.59. The Labute approximate surface area is 113 Å². The number of aryl methyl sites for hydroxylation is 1. The van der Waals surface area contributed by atoms with Crippen molar-refractivity contribution in [2.75, 3.05) is 6.61 Å². The van der Waals surface area contributed by atoms with Crippen molar-refractivity contribution in [2.45, 2.75) is 52.3 Å². The average Bonchev–Trinajstić information content (AvgIpc) is 2.75. The first-order chi connectivity index (χ1) is 8.60. The van der Waals surface area contributed by atoms with Crippen molar-refractivity contribution < 1.29 is 4.74 Å². The molecule has 1 aliphatic carbocycles. The van der Waals surface area contributed by atoms with E-state index in [0.717, 1.165) is 13.2 Å². The third-order valence-electron chi connectivity index (χ3n) is 4.66. The van der Waals surface area contributed by atoms with Crippen LogP contribution in [0.2, 0.25) is 0 Å². The molecule has 18 heavy (non-hydrogen) atoms. The van der Waals surface area contributed by atoms with Crippen LogP contribution in [0, 0.1) is 18.3 Å². The molecule has 0 aromatic carbocycles. The topological polar surface area (TPSA) is 34.2 Å². The van der Waals surface area contributed by atoms with Crippen molar-refractivity contribution in [1.82, 2.24) is 10.3 Å². The molecule has 0 bridgehead atoms. The molecule has 0 spiro atoms. The summed E-state index contributed by atoms with van der Waals surface area (Å²) in [6, 6.07) is 0.587. The molecule has 2 aliphatic rings. The maximum atomic E-state index is 5.93. The molecule has 2 heterocycles. The van der Waals surface area contributed by atoms with Crippen LogP contribution >= 0.6 is 11.3 Å². The van der Waals surface area contributed by atoms with E-state index in [1.165, 1.54) is 23.4 Å². The maximum absolute atomic E-state index is 5.93. The Morgan fingerprint density at radius 3 is 3.11 bits per heavy atom. The van der Waals surface area contributed by atoms with E-state index in [2.05, 4.69) is 31.1 Å². The molecule has 0 amide bonds. The Morgan fingerprint density at radius 2 is 2.39 bits per heavy atom. The van der Waals surface area contributed by atoms with Gasteiger partial charge < -0.3 is 10.1 Å². The first-order valence-corrected chi connectivity index (χ1v) is 7.72. The van der Waals surface area contributed by atoms with Crippen molar-refractivity contribution in [3.05, 3.63) is 16.1 Å². The Hall–Kier alpha value is -0.450. The van der Waals surface area contributed by atoms with E-state index >= 15 is 0 Å². The molecule has 1 aliphatic heterocycles. The Balaban J connectivity index is 1.64. The summed E-state index contributed by atoms with van der Waals surface area (Å²) in [6.45, 7) is 8.65. The standard InChI is InChI=1S/C14H22N2OS/c1-9-11(18-8-16-9)7-15-12-10-5-4-6-17-13(10)14(12,2)3/h8,10,12-13,15H,4-7H2,1-3H3. The summed E-state index contributed by atoms with van der Waals surface area (Å²) in [7, 11) is 0. The van der Waals surface area contributed by atoms with Crippen molar-refractivity contribution in [1.29, 1.82) is 0 Å². The van der Waals surface area contributed by atoms with Crippen molar-refractivity contribution in [2.24, 2.45) is 11.3 Å². The van der Waals surface area contributed by atoms with Crippen molar-refractivity contribution >= 4 is 11.3 Å². The number of nitrogens with zero attached hydrogens (tertiary/aromatic N) is 1. The van der Waals surface area contributed by atoms with Gasteiger partial charge in [0.25, 0.3) is 0 Å². The molecule has 1 saturated carbocycles. The van der Waals surface area contributed by atoms with E-state index in [4.69, 9.17) is 4.74 Å². The van der Waals surface area contributed by atoms with Crippen LogP contribution in [0.25, 0.3) is 0 Å². The zero-order valence-electron chi connectivity index (χ0n) is 11.4. The van der Waals surface area contributed by atoms with E-state index in [1.807, 2.05) is 5.51 Å². The fourth-order valence-electron chi connectivity index (χ4n) is 3.64. The van der Waals surface area contributed by atoms with Crippen LogP contribution in [0.15, 0.2) is 5.51 Å². The molecule has 4 heteroatoms. The van der Waals surface area contributed by atoms with Gasteiger partial charge in [-0.3, -0.25) is 0 Å². The molecule has 0 radical (unpaired) electrons. The Kier molecular flexibility index (Phi) is 3.20. The maximum Gasteiger partial charge on any atom is 0.0798 e. The molecule has 3 unspecified atom stereocenters. The summed E-state index contributed by atoms with van der Waals surface area (Å²) in [5.74, 6) is 0.710. The second-order valence-corrected chi connectivity index (χ2v) is 7.08. The van der Waals surface area contributed by atoms with Gasteiger partial charge in [-0.05, 0) is 19.8 Å². The lowest BCUT2D eigenvalue weighted by Crippen LogP contribution is -2.69. The smallest absolute Gasteiger partial charge is 0.0798 e. The van der Waals surface area contributed by atoms with E-state index in [9.17, 15) is 0 Å². The number of hydrogen-bond acceptors (Lipinski definition) is 4. The van der Waals surface area contributed by atoms with Gasteiger partial charge in [-0.2, -0.15) is 0 Å². The van der Waals surface area contributed by atoms with Gasteiger partial charge in [-0.15, -0.1) is 11.3 Å². The summed E-state index contributed by atoms with van der Waals surface area (Å²) < 4.78 is 5.93. The molecule has 1 aromatic rings. The highest BCUT2D eigenvalue weighted by Gasteiger charge is 2.57. The largest absolute Gasteiger partial charge is 0.377 e. The third kappa shape index (κ3) is 1.91. The quantitative estimate of drug-likeness (QED) is 0.913. The zero-order chi connectivity index (χ0) is 12.8. The SMILES string of the molecule is Cc1ncsc1CNC1C2CCCOC2C1(C)C. The first kappa shape index (κ1) is 12.6. The highest BCUT2D eigenvalue weighted by molar-refractivity contribution is 7.09. The number of aromatic nitrogens is 1. The van der Waals surface area contributed by atoms with Crippen LogP contribution in [-0.2, 0) is 11.3 Å². The van der Waals surface area contributed by atoms with Gasteiger partial charge in [0.05, 0.1) is 17.3 Å². The molecule has 2 fully saturated rings. The molecule has 1 N–H and O–H groups in total. The molecule has 100 valence electrons. The van der Waals surface area contributed by atoms with E-state index in [0.29, 0.717) is 18.1 Å². The minimum Gasteiger partial charge on any atom is -0.377 e. The fraction of sp³-hybridized carbons (Fsp3) is 0.786. The number of ether oxygens (including phenoxy) is 1. The lowest BCUT2D eigenvalue weighted by atomic mass is 9.55. The summed E-state index contributed by atoms with van der Waals surface area (Å²) in [6.07, 6.45) is 2.99. The van der Waals surface area contributed by atoms with Crippen LogP contribution in [-0.4, -0.2) is 23.7 Å². The lowest BCUT2D eigenvalue weighted by molar-refractivity contribution is -0.192. The van der Waals surface area contributed by atoms with Gasteiger partial charge in [0, 0.05) is 35.4 Å². The highest BCUT2D eigenvalue weighted by Crippen LogP contribution is 2.51. The summed E-state index contributed by atoms with van der Waals surface area (Å²) in [4.78, 5) is 5.68. The van der Waals surface area contributed by atoms with Crippen LogP contribution in [0.1, 0.15) is 37.3 Å². The number of hydrogen-bond donors (Lipinski definition) is 1. The summed E-state index contributed by atoms with van der Waals surface area (Å²) >= 11 is 1.75. The number of thiazole rings is 1. The summed E-state index contributed by atoms with van der Waals surface area (Å²) in [5, 5.41) is 3.74. The van der Waals surface area contributed by atoms with Gasteiger partial charge in [0.15, 0.2) is 0 Å². The van der Waals surface area contributed by atoms with E-state index in [1.54, 1.807) is 11.3 Å². The van der Waals surface area contributed by atoms with Crippen LogP contribution < -0.4 is 5.32 Å². The summed E-state index contributed by atoms with van der Waals surface area (Å²) in [5.41, 5.74) is 3.37. The van der Waals surface area contributed by atoms with Gasteiger partial charge in [-0.25, -0.2) is 4.98 Å². The van der Waals surface area contributed by atoms with Gasteiger partial charge in [-0.1, -0.05) is 13.8 Å². The predicted octanol–water partition coefficient (Wildman–Crippen LogP) is 2.74. The molecular formula is C14H22N2OS. The van der Waals surface area contributed by atoms with E-state index in [-0.39, 0.29) is 5.41 Å². The van der Waals surface area contributed by atoms with Crippen LogP contribution in [0.4, 0.5) is 0 Å². The average molecular weight is 266 g/mol. The minimum atomic E-state index is 0.268. The fourth-order valence-corrected chi connectivity index (χ4v) is 4.36. The molecule has 3 rings (SSSR count). The first-order valence-electron chi connectivity index (χ1n) is 6.84. The second kappa shape index (κ2) is 4.58. The monoisotopic (exact) mass is 266 g/mol. The van der Waals surface area contributed by atoms with Crippen molar-refractivity contribution in [3.63, 3.8) is 0 Å². The molecular weight excluding hydrogens is 244 g/mol. The molecule has 3 nitrogen and oxygen atoms in total. The number of fused-ring (bicyclic) bond motifs is 1. The molecule has 1 saturated heterocycles. The van der Waals surface area contributed by atoms with Crippen LogP contribution in [0.3, 0.4) is 0 Å². The zero-order valence-corrected chi connectivity index (χ0v) is 12.2. The molecule has 1 aromatic heterocycles. The van der Waals surface area contributed by atoms with Crippen molar-refractivity contribution in [3.8, 4) is 0 Å². The van der Waals surface area contributed by atoms with Gasteiger partial charge in [0.2, 0.25) is 0 Å². The normalized spacial score (nSPS) is 33.8. The number of rotatable bonds is 3. The highest BCUT2D eigenvalue weighted by atomic mass is 32.1. The predicted molar refractivity (Wildman–Crippen MR) is 73.7 cm³/mol. The number of nitrogens with one attached hydrogen (secondary N) is 1. The molecule has 3 atom stereocenters. The van der Waals surface area contributed by atoms with Gasteiger partial charge in [0.1, 0.15) is 0 Å². The second-order valence-electron chi connectivity index (χ2n) is 6.14. The van der Waals surface area contributed by atoms with E-state index < -0.39 is 0 Å². The Bertz CT molecular complexity index is 429.